The largest absolute Gasteiger partial charge is 0.351 e. The zero-order chi connectivity index (χ0) is 26.3. The third-order valence-corrected chi connectivity index (χ3v) is 7.84. The minimum atomic E-state index is -0.139. The molecule has 1 saturated heterocycles. The van der Waals surface area contributed by atoms with E-state index in [1.807, 2.05) is 68.9 Å². The van der Waals surface area contributed by atoms with Crippen molar-refractivity contribution in [3.63, 3.8) is 0 Å². The average Bonchev–Trinajstić information content (AvgIpc) is 3.58. The summed E-state index contributed by atoms with van der Waals surface area (Å²) >= 11 is 7.54. The summed E-state index contributed by atoms with van der Waals surface area (Å²) in [5, 5.41) is 10.1. The van der Waals surface area contributed by atoms with Gasteiger partial charge in [-0.1, -0.05) is 19.9 Å². The molecular formula is C28H30N6OS2. The van der Waals surface area contributed by atoms with E-state index in [1.54, 1.807) is 11.3 Å². The molecule has 4 heterocycles. The Morgan fingerprint density at radius 1 is 1.11 bits per heavy atom. The van der Waals surface area contributed by atoms with Crippen LogP contribution in [0.5, 0.6) is 0 Å². The van der Waals surface area contributed by atoms with E-state index < -0.39 is 0 Å². The van der Waals surface area contributed by atoms with E-state index in [4.69, 9.17) is 12.2 Å². The topological polar surface area (TPSA) is 75.1 Å². The van der Waals surface area contributed by atoms with Crippen LogP contribution in [0.1, 0.15) is 54.1 Å². The van der Waals surface area contributed by atoms with Crippen molar-refractivity contribution in [2.45, 2.75) is 46.7 Å². The molecule has 9 heteroatoms. The number of pyridine rings is 1. The molecule has 1 aliphatic heterocycles. The number of benzene rings is 1. The maximum atomic E-state index is 12.3. The molecule has 5 rings (SSSR count). The van der Waals surface area contributed by atoms with Crippen molar-refractivity contribution in [3.8, 4) is 5.13 Å². The standard InChI is InChI=1S/C28H30N6OS2/c1-16(2)26(35)31-22-10-9-20(14-17(22)3)34-25(24(32-27(34)36)23-8-6-7-11-29-23)21-15-18(4)33(19(21)5)28-30-12-13-37-28/h6-16,24-25H,1-5H3,(H,31,35)(H,32,36)/t24-,25-/m0/s1. The van der Waals surface area contributed by atoms with Crippen LogP contribution in [0.4, 0.5) is 11.4 Å². The second kappa shape index (κ2) is 10.1. The van der Waals surface area contributed by atoms with Gasteiger partial charge < -0.3 is 15.5 Å². The number of nitrogens with one attached hydrogen (secondary N) is 2. The van der Waals surface area contributed by atoms with E-state index in [0.29, 0.717) is 5.11 Å². The summed E-state index contributed by atoms with van der Waals surface area (Å²) in [4.78, 5) is 23.7. The molecule has 0 unspecified atom stereocenters. The number of anilines is 2. The van der Waals surface area contributed by atoms with Crippen LogP contribution < -0.4 is 15.5 Å². The zero-order valence-corrected chi connectivity index (χ0v) is 23.2. The molecular weight excluding hydrogens is 500 g/mol. The fourth-order valence-electron chi connectivity index (χ4n) is 4.87. The Labute approximate surface area is 226 Å². The number of amides is 1. The molecule has 1 aromatic carbocycles. The van der Waals surface area contributed by atoms with Gasteiger partial charge in [0.05, 0.1) is 17.8 Å². The van der Waals surface area contributed by atoms with E-state index in [2.05, 4.69) is 56.0 Å². The van der Waals surface area contributed by atoms with E-state index in [9.17, 15) is 4.79 Å². The molecule has 2 N–H and O–H groups in total. The quantitative estimate of drug-likeness (QED) is 0.297. The maximum Gasteiger partial charge on any atom is 0.226 e. The minimum Gasteiger partial charge on any atom is -0.351 e. The first kappa shape index (κ1) is 25.1. The highest BCUT2D eigenvalue weighted by Gasteiger charge is 2.42. The number of hydrogen-bond acceptors (Lipinski definition) is 5. The van der Waals surface area contributed by atoms with E-state index >= 15 is 0 Å². The summed E-state index contributed by atoms with van der Waals surface area (Å²) in [6, 6.07) is 14.0. The summed E-state index contributed by atoms with van der Waals surface area (Å²) in [6.07, 6.45) is 3.64. The van der Waals surface area contributed by atoms with Crippen LogP contribution in [-0.2, 0) is 4.79 Å². The first-order valence-electron chi connectivity index (χ1n) is 12.3. The van der Waals surface area contributed by atoms with Gasteiger partial charge in [0.15, 0.2) is 10.2 Å². The molecule has 3 aromatic heterocycles. The normalized spacial score (nSPS) is 17.4. The number of nitrogens with zero attached hydrogens (tertiary/aromatic N) is 4. The maximum absolute atomic E-state index is 12.3. The molecule has 7 nitrogen and oxygen atoms in total. The number of rotatable bonds is 6. The Balaban J connectivity index is 1.61. The third kappa shape index (κ3) is 4.65. The summed E-state index contributed by atoms with van der Waals surface area (Å²) in [5.41, 5.74) is 7.05. The molecule has 0 bridgehead atoms. The molecule has 0 radical (unpaired) electrons. The number of aryl methyl sites for hydroxylation is 2. The predicted molar refractivity (Wildman–Crippen MR) is 153 cm³/mol. The van der Waals surface area contributed by atoms with Gasteiger partial charge in [-0.2, -0.15) is 0 Å². The summed E-state index contributed by atoms with van der Waals surface area (Å²) in [5.74, 6) is -0.0945. The van der Waals surface area contributed by atoms with E-state index in [1.165, 1.54) is 0 Å². The Morgan fingerprint density at radius 3 is 2.57 bits per heavy atom. The number of aromatic nitrogens is 3. The lowest BCUT2D eigenvalue weighted by Crippen LogP contribution is -2.29. The SMILES string of the molecule is Cc1cc(N2C(=S)N[C@@H](c3ccccn3)[C@@H]2c2cc(C)n(-c3nccs3)c2C)ccc1NC(=O)C(C)C. The molecule has 0 saturated carbocycles. The fourth-order valence-corrected chi connectivity index (χ4v) is 5.97. The Morgan fingerprint density at radius 2 is 1.92 bits per heavy atom. The molecule has 0 aliphatic carbocycles. The number of carbonyl (C=O) groups is 1. The van der Waals surface area contributed by atoms with Crippen molar-refractivity contribution in [1.82, 2.24) is 19.9 Å². The predicted octanol–water partition coefficient (Wildman–Crippen LogP) is 6.03. The summed E-state index contributed by atoms with van der Waals surface area (Å²) in [7, 11) is 0. The van der Waals surface area contributed by atoms with Crippen molar-refractivity contribution in [2.75, 3.05) is 10.2 Å². The lowest BCUT2D eigenvalue weighted by molar-refractivity contribution is -0.118. The van der Waals surface area contributed by atoms with Crippen LogP contribution in [0.25, 0.3) is 5.13 Å². The minimum absolute atomic E-state index is 0.00284. The molecule has 190 valence electrons. The number of carbonyl (C=O) groups excluding carboxylic acids is 1. The van der Waals surface area contributed by atoms with Gasteiger partial charge in [-0.25, -0.2) is 4.98 Å². The average molecular weight is 531 g/mol. The highest BCUT2D eigenvalue weighted by molar-refractivity contribution is 7.80. The van der Waals surface area contributed by atoms with Gasteiger partial charge >= 0.3 is 0 Å². The van der Waals surface area contributed by atoms with Gasteiger partial charge in [0, 0.05) is 46.5 Å². The second-order valence-corrected chi connectivity index (χ2v) is 10.9. The van der Waals surface area contributed by atoms with Gasteiger partial charge in [-0.05, 0) is 80.5 Å². The third-order valence-electron chi connectivity index (χ3n) is 6.77. The molecule has 4 aromatic rings. The van der Waals surface area contributed by atoms with Gasteiger partial charge in [-0.3, -0.25) is 14.3 Å². The summed E-state index contributed by atoms with van der Waals surface area (Å²) in [6.45, 7) is 10.0. The van der Waals surface area contributed by atoms with Gasteiger partial charge in [0.2, 0.25) is 5.91 Å². The Kier molecular flexibility index (Phi) is 6.83. The van der Waals surface area contributed by atoms with Crippen molar-refractivity contribution in [1.29, 1.82) is 0 Å². The molecule has 2 atom stereocenters. The smallest absolute Gasteiger partial charge is 0.226 e. The van der Waals surface area contributed by atoms with Crippen molar-refractivity contribution >= 4 is 45.9 Å². The van der Waals surface area contributed by atoms with Crippen LogP contribution in [-0.4, -0.2) is 25.6 Å². The lowest BCUT2D eigenvalue weighted by atomic mass is 9.96. The fraction of sp³-hybridized carbons (Fsp3) is 0.286. The Bertz CT molecular complexity index is 1450. The molecule has 1 amide bonds. The first-order valence-corrected chi connectivity index (χ1v) is 13.6. The van der Waals surface area contributed by atoms with Crippen molar-refractivity contribution in [3.05, 3.63) is 88.4 Å². The van der Waals surface area contributed by atoms with Crippen molar-refractivity contribution in [2.24, 2.45) is 5.92 Å². The second-order valence-electron chi connectivity index (χ2n) is 9.62. The van der Waals surface area contributed by atoms with Crippen LogP contribution in [0, 0.1) is 26.7 Å². The van der Waals surface area contributed by atoms with Gasteiger partial charge in [0.25, 0.3) is 0 Å². The summed E-state index contributed by atoms with van der Waals surface area (Å²) < 4.78 is 2.20. The van der Waals surface area contributed by atoms with Crippen LogP contribution in [0.3, 0.4) is 0 Å². The Hall–Kier alpha value is -3.56. The highest BCUT2D eigenvalue weighted by atomic mass is 32.1. The molecule has 37 heavy (non-hydrogen) atoms. The van der Waals surface area contributed by atoms with Crippen LogP contribution in [0.15, 0.2) is 60.2 Å². The number of thiazole rings is 1. The van der Waals surface area contributed by atoms with Crippen LogP contribution >= 0.6 is 23.6 Å². The van der Waals surface area contributed by atoms with Crippen molar-refractivity contribution < 1.29 is 4.79 Å². The lowest BCUT2D eigenvalue weighted by Gasteiger charge is -2.28. The number of thiocarbonyl (C=S) groups is 1. The molecule has 1 aliphatic rings. The zero-order valence-electron chi connectivity index (χ0n) is 21.5. The van der Waals surface area contributed by atoms with Crippen LogP contribution in [0.2, 0.25) is 0 Å². The van der Waals surface area contributed by atoms with Gasteiger partial charge in [-0.15, -0.1) is 11.3 Å². The monoisotopic (exact) mass is 530 g/mol. The highest BCUT2D eigenvalue weighted by Crippen LogP contribution is 2.44. The van der Waals surface area contributed by atoms with Gasteiger partial charge in [0.1, 0.15) is 0 Å². The van der Waals surface area contributed by atoms with E-state index in [-0.39, 0.29) is 23.9 Å². The van der Waals surface area contributed by atoms with E-state index in [0.717, 1.165) is 44.7 Å². The number of hydrogen-bond donors (Lipinski definition) is 2. The molecule has 1 fully saturated rings. The first-order chi connectivity index (χ1) is 17.8. The molecule has 0 spiro atoms.